The third-order valence-corrected chi connectivity index (χ3v) is 5.52. The Morgan fingerprint density at radius 3 is 2.26 bits per heavy atom. The van der Waals surface area contributed by atoms with Crippen molar-refractivity contribution in [2.45, 2.75) is 34.2 Å². The first-order valence-electron chi connectivity index (χ1n) is 8.63. The summed E-state index contributed by atoms with van der Waals surface area (Å²) in [6.07, 6.45) is 0. The van der Waals surface area contributed by atoms with Crippen molar-refractivity contribution in [3.05, 3.63) is 63.0 Å². The number of benzene rings is 2. The van der Waals surface area contributed by atoms with E-state index in [4.69, 9.17) is 4.74 Å². The molecule has 140 valence electrons. The normalized spacial score (nSPS) is 11.8. The summed E-state index contributed by atoms with van der Waals surface area (Å²) < 4.78 is 7.59. The van der Waals surface area contributed by atoms with Crippen molar-refractivity contribution in [1.29, 1.82) is 0 Å². The van der Waals surface area contributed by atoms with Crippen LogP contribution in [0.25, 0.3) is 10.2 Å². The van der Waals surface area contributed by atoms with Crippen LogP contribution in [0, 0.1) is 27.7 Å². The van der Waals surface area contributed by atoms with Gasteiger partial charge in [-0.25, -0.2) is 0 Å². The standard InChI is InChI=1S/C21H22N2O3S/c1-12-6-13(2)9-16(8-12)20(25)22-21-23(11-18(24)26-5)17-10-14(3)7-15(4)19(17)27-21/h6-10H,11H2,1-5H3. The topological polar surface area (TPSA) is 60.7 Å². The number of aryl methyl sites for hydroxylation is 4. The van der Waals surface area contributed by atoms with Crippen molar-refractivity contribution < 1.29 is 14.3 Å². The van der Waals surface area contributed by atoms with Gasteiger partial charge in [0.05, 0.1) is 17.3 Å². The molecule has 0 N–H and O–H groups in total. The number of aromatic nitrogens is 1. The molecule has 6 heteroatoms. The molecule has 1 heterocycles. The van der Waals surface area contributed by atoms with Gasteiger partial charge in [0.2, 0.25) is 0 Å². The molecule has 0 fully saturated rings. The lowest BCUT2D eigenvalue weighted by molar-refractivity contribution is -0.141. The Balaban J connectivity index is 2.21. The second-order valence-corrected chi connectivity index (χ2v) is 7.75. The number of hydrogen-bond acceptors (Lipinski definition) is 4. The maximum absolute atomic E-state index is 12.8. The van der Waals surface area contributed by atoms with Crippen molar-refractivity contribution in [2.24, 2.45) is 4.99 Å². The van der Waals surface area contributed by atoms with E-state index in [9.17, 15) is 9.59 Å². The number of ether oxygens (including phenoxy) is 1. The van der Waals surface area contributed by atoms with E-state index in [0.717, 1.165) is 32.5 Å². The number of methoxy groups -OCH3 is 1. The fraction of sp³-hybridized carbons (Fsp3) is 0.286. The van der Waals surface area contributed by atoms with Crippen molar-refractivity contribution in [2.75, 3.05) is 7.11 Å². The molecule has 3 rings (SSSR count). The van der Waals surface area contributed by atoms with Gasteiger partial charge in [0.1, 0.15) is 6.54 Å². The lowest BCUT2D eigenvalue weighted by Gasteiger charge is -2.05. The van der Waals surface area contributed by atoms with E-state index in [1.54, 1.807) is 4.57 Å². The molecular weight excluding hydrogens is 360 g/mol. The minimum Gasteiger partial charge on any atom is -0.468 e. The molecule has 0 aliphatic heterocycles. The van der Waals surface area contributed by atoms with Crippen LogP contribution in [0.4, 0.5) is 0 Å². The average Bonchev–Trinajstić information content (AvgIpc) is 2.91. The molecule has 2 aromatic carbocycles. The number of amides is 1. The monoisotopic (exact) mass is 382 g/mol. The molecule has 0 spiro atoms. The van der Waals surface area contributed by atoms with E-state index in [-0.39, 0.29) is 18.4 Å². The molecule has 0 aliphatic carbocycles. The lowest BCUT2D eigenvalue weighted by atomic mass is 10.1. The highest BCUT2D eigenvalue weighted by molar-refractivity contribution is 7.16. The van der Waals surface area contributed by atoms with E-state index in [2.05, 4.69) is 11.1 Å². The van der Waals surface area contributed by atoms with E-state index >= 15 is 0 Å². The van der Waals surface area contributed by atoms with Gasteiger partial charge in [-0.2, -0.15) is 4.99 Å². The number of hydrogen-bond donors (Lipinski definition) is 0. The molecule has 5 nitrogen and oxygen atoms in total. The molecule has 0 unspecified atom stereocenters. The maximum Gasteiger partial charge on any atom is 0.325 e. The fourth-order valence-corrected chi connectivity index (χ4v) is 4.27. The number of fused-ring (bicyclic) bond motifs is 1. The van der Waals surface area contributed by atoms with Gasteiger partial charge in [0.25, 0.3) is 5.91 Å². The Bertz CT molecular complexity index is 1100. The first kappa shape index (κ1) is 19.0. The maximum atomic E-state index is 12.8. The Morgan fingerprint density at radius 2 is 1.63 bits per heavy atom. The number of thiazole rings is 1. The van der Waals surface area contributed by atoms with Crippen LogP contribution in [-0.4, -0.2) is 23.6 Å². The van der Waals surface area contributed by atoms with Crippen LogP contribution < -0.4 is 4.80 Å². The van der Waals surface area contributed by atoms with Crippen LogP contribution >= 0.6 is 11.3 Å². The molecule has 0 radical (unpaired) electrons. The molecule has 27 heavy (non-hydrogen) atoms. The summed E-state index contributed by atoms with van der Waals surface area (Å²) in [5.74, 6) is -0.699. The number of rotatable bonds is 3. The van der Waals surface area contributed by atoms with E-state index in [1.807, 2.05) is 52.0 Å². The van der Waals surface area contributed by atoms with Crippen LogP contribution in [0.15, 0.2) is 35.3 Å². The highest BCUT2D eigenvalue weighted by atomic mass is 32.1. The largest absolute Gasteiger partial charge is 0.468 e. The molecule has 0 aliphatic rings. The summed E-state index contributed by atoms with van der Waals surface area (Å²) in [5.41, 5.74) is 5.63. The number of carbonyl (C=O) groups is 2. The van der Waals surface area contributed by atoms with Gasteiger partial charge >= 0.3 is 5.97 Å². The van der Waals surface area contributed by atoms with E-state index < -0.39 is 0 Å². The first-order chi connectivity index (χ1) is 12.8. The lowest BCUT2D eigenvalue weighted by Crippen LogP contribution is -2.22. The molecule has 1 amide bonds. The summed E-state index contributed by atoms with van der Waals surface area (Å²) >= 11 is 1.41. The predicted molar refractivity (Wildman–Crippen MR) is 107 cm³/mol. The van der Waals surface area contributed by atoms with Gasteiger partial charge < -0.3 is 9.30 Å². The van der Waals surface area contributed by atoms with Crippen LogP contribution in [-0.2, 0) is 16.1 Å². The Kier molecular flexibility index (Phi) is 5.28. The Morgan fingerprint density at radius 1 is 1.00 bits per heavy atom. The highest BCUT2D eigenvalue weighted by Crippen LogP contribution is 2.23. The van der Waals surface area contributed by atoms with Gasteiger partial charge in [0.15, 0.2) is 4.80 Å². The number of carbonyl (C=O) groups excluding carboxylic acids is 2. The molecule has 0 atom stereocenters. The van der Waals surface area contributed by atoms with Crippen LogP contribution in [0.2, 0.25) is 0 Å². The predicted octanol–water partition coefficient (Wildman–Crippen LogP) is 3.85. The summed E-state index contributed by atoms with van der Waals surface area (Å²) in [7, 11) is 1.35. The van der Waals surface area contributed by atoms with Gasteiger partial charge in [-0.3, -0.25) is 9.59 Å². The Hall–Kier alpha value is -2.73. The third kappa shape index (κ3) is 4.01. The van der Waals surface area contributed by atoms with Crippen LogP contribution in [0.1, 0.15) is 32.6 Å². The molecule has 3 aromatic rings. The average molecular weight is 382 g/mol. The van der Waals surface area contributed by atoms with Gasteiger partial charge in [0, 0.05) is 5.56 Å². The smallest absolute Gasteiger partial charge is 0.325 e. The van der Waals surface area contributed by atoms with Crippen molar-refractivity contribution in [1.82, 2.24) is 4.57 Å². The zero-order valence-electron chi connectivity index (χ0n) is 16.1. The van der Waals surface area contributed by atoms with E-state index in [0.29, 0.717) is 10.4 Å². The van der Waals surface area contributed by atoms with Gasteiger partial charge in [-0.1, -0.05) is 34.6 Å². The molecule has 0 bridgehead atoms. The minimum atomic E-state index is -0.380. The summed E-state index contributed by atoms with van der Waals surface area (Å²) in [4.78, 5) is 29.5. The zero-order valence-corrected chi connectivity index (χ0v) is 16.9. The fourth-order valence-electron chi connectivity index (χ4n) is 3.19. The van der Waals surface area contributed by atoms with Gasteiger partial charge in [-0.15, -0.1) is 0 Å². The molecule has 0 saturated heterocycles. The number of esters is 1. The minimum absolute atomic E-state index is 0.0123. The third-order valence-electron chi connectivity index (χ3n) is 4.30. The van der Waals surface area contributed by atoms with Gasteiger partial charge in [-0.05, 0) is 57.0 Å². The summed E-state index contributed by atoms with van der Waals surface area (Å²) in [6, 6.07) is 9.75. The Labute approximate surface area is 161 Å². The van der Waals surface area contributed by atoms with Crippen molar-refractivity contribution in [3.63, 3.8) is 0 Å². The zero-order chi connectivity index (χ0) is 19.7. The second kappa shape index (κ2) is 7.48. The van der Waals surface area contributed by atoms with E-state index in [1.165, 1.54) is 18.4 Å². The van der Waals surface area contributed by atoms with Crippen LogP contribution in [0.3, 0.4) is 0 Å². The van der Waals surface area contributed by atoms with Crippen LogP contribution in [0.5, 0.6) is 0 Å². The number of nitrogens with zero attached hydrogens (tertiary/aromatic N) is 2. The van der Waals surface area contributed by atoms with Crippen molar-refractivity contribution >= 4 is 33.4 Å². The first-order valence-corrected chi connectivity index (χ1v) is 9.45. The highest BCUT2D eigenvalue weighted by Gasteiger charge is 2.14. The second-order valence-electron chi connectivity index (χ2n) is 6.77. The molecular formula is C21H22N2O3S. The SMILES string of the molecule is COC(=O)Cn1c(=NC(=O)c2cc(C)cc(C)c2)sc2c(C)cc(C)cc21. The quantitative estimate of drug-likeness (QED) is 0.647. The molecule has 0 saturated carbocycles. The summed E-state index contributed by atoms with van der Waals surface area (Å²) in [6.45, 7) is 7.94. The summed E-state index contributed by atoms with van der Waals surface area (Å²) in [5, 5.41) is 0. The van der Waals surface area contributed by atoms with Crippen molar-refractivity contribution in [3.8, 4) is 0 Å². The molecule has 1 aromatic heterocycles.